The summed E-state index contributed by atoms with van der Waals surface area (Å²) in [7, 11) is 2.26. The third kappa shape index (κ3) is 2.40. The van der Waals surface area contributed by atoms with Crippen LogP contribution in [0.3, 0.4) is 0 Å². The third-order valence-electron chi connectivity index (χ3n) is 5.03. The lowest BCUT2D eigenvalue weighted by Crippen LogP contribution is -2.45. The average Bonchev–Trinajstić information content (AvgIpc) is 2.65. The molecule has 1 aromatic rings. The number of fused-ring (bicyclic) bond motifs is 2. The summed E-state index contributed by atoms with van der Waals surface area (Å²) < 4.78 is 0. The van der Waals surface area contributed by atoms with Crippen LogP contribution in [0.2, 0.25) is 5.02 Å². The fraction of sp³-hybridized carbons (Fsp3) is 0.600. The number of halogens is 1. The highest BCUT2D eigenvalue weighted by Crippen LogP contribution is 2.43. The molecule has 0 spiro atoms. The molecule has 2 bridgehead atoms. The summed E-state index contributed by atoms with van der Waals surface area (Å²) in [4.78, 5) is 2.55. The first-order valence-electron chi connectivity index (χ1n) is 7.13. The summed E-state index contributed by atoms with van der Waals surface area (Å²) in [6.07, 6.45) is 5.09. The molecule has 0 aromatic heterocycles. The summed E-state index contributed by atoms with van der Waals surface area (Å²) in [6.45, 7) is 0. The number of nitrogens with one attached hydrogen (secondary N) is 1. The predicted octanol–water partition coefficient (Wildman–Crippen LogP) is 2.72. The van der Waals surface area contributed by atoms with Crippen molar-refractivity contribution in [2.75, 3.05) is 7.05 Å². The molecule has 4 heteroatoms. The van der Waals surface area contributed by atoms with Crippen LogP contribution in [0.15, 0.2) is 24.3 Å². The van der Waals surface area contributed by atoms with Crippen molar-refractivity contribution in [3.8, 4) is 0 Å². The number of piperidine rings is 1. The Hall–Kier alpha value is -0.610. The van der Waals surface area contributed by atoms with Gasteiger partial charge in [0, 0.05) is 17.1 Å². The molecule has 2 saturated heterocycles. The molecule has 2 aliphatic rings. The minimum Gasteiger partial charge on any atom is -0.300 e. The molecular formula is C15H22ClN3. The van der Waals surface area contributed by atoms with Crippen LogP contribution in [0.4, 0.5) is 0 Å². The topological polar surface area (TPSA) is 41.3 Å². The standard InChI is InChI=1S/C15H22ClN3/c1-19-11-6-7-12(19)9-10(8-11)15(18-17)13-4-2-3-5-14(13)16/h2-5,10-12,15,18H,6-9,17H2,1H3. The molecule has 2 heterocycles. The fourth-order valence-corrected chi connectivity index (χ4v) is 4.19. The van der Waals surface area contributed by atoms with Gasteiger partial charge < -0.3 is 4.90 Å². The molecule has 104 valence electrons. The molecule has 3 unspecified atom stereocenters. The van der Waals surface area contributed by atoms with Gasteiger partial charge in [-0.15, -0.1) is 0 Å². The number of rotatable bonds is 3. The third-order valence-corrected chi connectivity index (χ3v) is 5.37. The number of benzene rings is 1. The number of nitrogens with two attached hydrogens (primary N) is 1. The highest BCUT2D eigenvalue weighted by Gasteiger charge is 2.41. The van der Waals surface area contributed by atoms with E-state index in [1.807, 2.05) is 18.2 Å². The van der Waals surface area contributed by atoms with Crippen LogP contribution < -0.4 is 11.3 Å². The van der Waals surface area contributed by atoms with E-state index in [9.17, 15) is 0 Å². The first-order chi connectivity index (χ1) is 9.20. The van der Waals surface area contributed by atoms with E-state index in [-0.39, 0.29) is 6.04 Å². The lowest BCUT2D eigenvalue weighted by atomic mass is 9.82. The van der Waals surface area contributed by atoms with Crippen LogP contribution in [0, 0.1) is 5.92 Å². The van der Waals surface area contributed by atoms with E-state index in [4.69, 9.17) is 17.4 Å². The zero-order valence-electron chi connectivity index (χ0n) is 11.3. The van der Waals surface area contributed by atoms with Crippen LogP contribution in [0.1, 0.15) is 37.3 Å². The second kappa shape index (κ2) is 5.41. The van der Waals surface area contributed by atoms with E-state index < -0.39 is 0 Å². The molecule has 3 rings (SSSR count). The smallest absolute Gasteiger partial charge is 0.0504 e. The van der Waals surface area contributed by atoms with Gasteiger partial charge in [-0.2, -0.15) is 0 Å². The molecule has 1 aromatic carbocycles. The van der Waals surface area contributed by atoms with Gasteiger partial charge in [0.15, 0.2) is 0 Å². The minimum atomic E-state index is 0.172. The normalized spacial score (nSPS) is 32.5. The van der Waals surface area contributed by atoms with E-state index >= 15 is 0 Å². The van der Waals surface area contributed by atoms with Crippen LogP contribution in [-0.4, -0.2) is 24.0 Å². The van der Waals surface area contributed by atoms with E-state index in [1.54, 1.807) is 0 Å². The van der Waals surface area contributed by atoms with Gasteiger partial charge in [-0.25, -0.2) is 0 Å². The van der Waals surface area contributed by atoms with E-state index in [2.05, 4.69) is 23.4 Å². The van der Waals surface area contributed by atoms with Gasteiger partial charge in [0.1, 0.15) is 0 Å². The van der Waals surface area contributed by atoms with Gasteiger partial charge in [0.25, 0.3) is 0 Å². The summed E-state index contributed by atoms with van der Waals surface area (Å²) in [5, 5.41) is 0.816. The Balaban J connectivity index is 1.82. The van der Waals surface area contributed by atoms with Gasteiger partial charge in [0.05, 0.1) is 6.04 Å². The highest BCUT2D eigenvalue weighted by molar-refractivity contribution is 6.31. The molecule has 0 aliphatic carbocycles. The second-order valence-corrected chi connectivity index (χ2v) is 6.36. The SMILES string of the molecule is CN1C2CCC1CC(C(NN)c1ccccc1Cl)C2. The monoisotopic (exact) mass is 279 g/mol. The maximum Gasteiger partial charge on any atom is 0.0504 e. The Morgan fingerprint density at radius 3 is 2.47 bits per heavy atom. The maximum atomic E-state index is 6.33. The molecule has 0 amide bonds. The summed E-state index contributed by atoms with van der Waals surface area (Å²) in [5.74, 6) is 6.41. The molecule has 2 fully saturated rings. The largest absolute Gasteiger partial charge is 0.300 e. The van der Waals surface area contributed by atoms with Crippen molar-refractivity contribution >= 4 is 11.6 Å². The van der Waals surface area contributed by atoms with Crippen molar-refractivity contribution in [1.29, 1.82) is 0 Å². The second-order valence-electron chi connectivity index (χ2n) is 5.95. The van der Waals surface area contributed by atoms with Crippen molar-refractivity contribution in [1.82, 2.24) is 10.3 Å². The molecule has 0 saturated carbocycles. The fourth-order valence-electron chi connectivity index (χ4n) is 3.93. The first-order valence-corrected chi connectivity index (χ1v) is 7.51. The molecule has 3 nitrogen and oxygen atoms in total. The molecular weight excluding hydrogens is 258 g/mol. The number of hydrogen-bond acceptors (Lipinski definition) is 3. The van der Waals surface area contributed by atoms with Gasteiger partial charge in [-0.1, -0.05) is 29.8 Å². The molecule has 3 N–H and O–H groups in total. The number of hydrazine groups is 1. The Morgan fingerprint density at radius 1 is 1.26 bits per heavy atom. The van der Waals surface area contributed by atoms with Gasteiger partial charge >= 0.3 is 0 Å². The van der Waals surface area contributed by atoms with Crippen molar-refractivity contribution in [2.45, 2.75) is 43.8 Å². The molecule has 3 atom stereocenters. The Labute approximate surface area is 120 Å². The lowest BCUT2D eigenvalue weighted by Gasteiger charge is -2.40. The van der Waals surface area contributed by atoms with Crippen molar-refractivity contribution < 1.29 is 0 Å². The average molecular weight is 280 g/mol. The molecule has 0 radical (unpaired) electrons. The van der Waals surface area contributed by atoms with Crippen LogP contribution in [0.25, 0.3) is 0 Å². The van der Waals surface area contributed by atoms with Crippen molar-refractivity contribution in [3.63, 3.8) is 0 Å². The van der Waals surface area contributed by atoms with Gasteiger partial charge in [-0.3, -0.25) is 11.3 Å². The van der Waals surface area contributed by atoms with E-state index in [1.165, 1.54) is 25.7 Å². The number of hydrogen-bond donors (Lipinski definition) is 2. The summed E-state index contributed by atoms with van der Waals surface area (Å²) >= 11 is 6.33. The lowest BCUT2D eigenvalue weighted by molar-refractivity contribution is 0.112. The summed E-state index contributed by atoms with van der Waals surface area (Å²) in [6, 6.07) is 9.67. The quantitative estimate of drug-likeness (QED) is 0.660. The first kappa shape index (κ1) is 13.4. The number of nitrogens with zero attached hydrogens (tertiary/aromatic N) is 1. The predicted molar refractivity (Wildman–Crippen MR) is 78.8 cm³/mol. The van der Waals surface area contributed by atoms with Crippen LogP contribution in [0.5, 0.6) is 0 Å². The maximum absolute atomic E-state index is 6.33. The minimum absolute atomic E-state index is 0.172. The molecule has 19 heavy (non-hydrogen) atoms. The Bertz CT molecular complexity index is 437. The van der Waals surface area contributed by atoms with Crippen LogP contribution in [-0.2, 0) is 0 Å². The van der Waals surface area contributed by atoms with E-state index in [0.29, 0.717) is 5.92 Å². The van der Waals surface area contributed by atoms with Crippen molar-refractivity contribution in [3.05, 3.63) is 34.9 Å². The zero-order valence-corrected chi connectivity index (χ0v) is 12.1. The van der Waals surface area contributed by atoms with Crippen LogP contribution >= 0.6 is 11.6 Å². The zero-order chi connectivity index (χ0) is 13.4. The highest BCUT2D eigenvalue weighted by atomic mass is 35.5. The van der Waals surface area contributed by atoms with Gasteiger partial charge in [-0.05, 0) is 50.3 Å². The van der Waals surface area contributed by atoms with Crippen molar-refractivity contribution in [2.24, 2.45) is 11.8 Å². The Morgan fingerprint density at radius 2 is 1.89 bits per heavy atom. The van der Waals surface area contributed by atoms with E-state index in [0.717, 1.165) is 22.7 Å². The van der Waals surface area contributed by atoms with Gasteiger partial charge in [0.2, 0.25) is 0 Å². The summed E-state index contributed by atoms with van der Waals surface area (Å²) in [5.41, 5.74) is 4.15. The molecule has 2 aliphatic heterocycles. The Kier molecular flexibility index (Phi) is 3.81.